The molecule has 3 heteroatoms. The summed E-state index contributed by atoms with van der Waals surface area (Å²) >= 11 is 0. The quantitative estimate of drug-likeness (QED) is 0.457. The molecule has 3 nitrogen and oxygen atoms in total. The first kappa shape index (κ1) is 12.0. The van der Waals surface area contributed by atoms with E-state index in [4.69, 9.17) is 4.74 Å². The topological polar surface area (TPSA) is 12.5 Å². The lowest BCUT2D eigenvalue weighted by atomic mass is 10.2. The Morgan fingerprint density at radius 3 is 2.64 bits per heavy atom. The van der Waals surface area contributed by atoms with Crippen molar-refractivity contribution in [2.75, 3.05) is 46.9 Å². The van der Waals surface area contributed by atoms with Gasteiger partial charge in [-0.15, -0.1) is 5.01 Å². The third-order valence-electron chi connectivity index (χ3n) is 3.28. The van der Waals surface area contributed by atoms with E-state index in [1.807, 2.05) is 0 Å². The number of hydrogen-bond acceptors (Lipinski definition) is 2. The predicted octanol–water partition coefficient (Wildman–Crippen LogP) is 1.50. The Balaban J connectivity index is 2.18. The lowest BCUT2D eigenvalue weighted by Gasteiger charge is -2.51. The molecule has 1 aliphatic rings. The summed E-state index contributed by atoms with van der Waals surface area (Å²) in [5, 5.41) is 2.56. The van der Waals surface area contributed by atoms with Gasteiger partial charge in [0.05, 0.1) is 20.1 Å². The summed E-state index contributed by atoms with van der Waals surface area (Å²) in [6, 6.07) is 0. The van der Waals surface area contributed by atoms with Crippen molar-refractivity contribution in [3.8, 4) is 0 Å². The number of ether oxygens (including phenoxy) is 1. The minimum absolute atomic E-state index is 0.893. The molecule has 1 aliphatic heterocycles. The largest absolute Gasteiger partial charge is 0.385 e. The summed E-state index contributed by atoms with van der Waals surface area (Å²) < 4.78 is 6.24. The normalized spacial score (nSPS) is 27.6. The second kappa shape index (κ2) is 5.69. The van der Waals surface area contributed by atoms with Gasteiger partial charge in [-0.1, -0.05) is 13.3 Å². The van der Waals surface area contributed by atoms with E-state index in [1.165, 1.54) is 39.0 Å². The van der Waals surface area contributed by atoms with E-state index in [0.717, 1.165) is 17.6 Å². The van der Waals surface area contributed by atoms with Gasteiger partial charge >= 0.3 is 0 Å². The van der Waals surface area contributed by atoms with E-state index >= 15 is 0 Å². The summed E-state index contributed by atoms with van der Waals surface area (Å²) in [5.74, 6) is 0. The van der Waals surface area contributed by atoms with Crippen LogP contribution in [0.25, 0.3) is 0 Å². The van der Waals surface area contributed by atoms with Gasteiger partial charge < -0.3 is 4.74 Å². The Labute approximate surface area is 88.2 Å². The molecule has 0 aromatic rings. The Kier molecular flexibility index (Phi) is 4.85. The van der Waals surface area contributed by atoms with Crippen LogP contribution in [0.3, 0.4) is 0 Å². The molecular weight excluding hydrogens is 176 g/mol. The van der Waals surface area contributed by atoms with Crippen molar-refractivity contribution < 1.29 is 9.33 Å². The summed E-state index contributed by atoms with van der Waals surface area (Å²) in [5.41, 5.74) is 0. The molecule has 0 spiro atoms. The van der Waals surface area contributed by atoms with Crippen molar-refractivity contribution in [3.05, 3.63) is 0 Å². The van der Waals surface area contributed by atoms with E-state index in [2.05, 4.69) is 19.0 Å². The second-order valence-corrected chi connectivity index (χ2v) is 4.44. The van der Waals surface area contributed by atoms with Gasteiger partial charge in [-0.05, 0) is 12.8 Å². The summed E-state index contributed by atoms with van der Waals surface area (Å²) in [7, 11) is 4.13. The Hall–Kier alpha value is -0.120. The van der Waals surface area contributed by atoms with E-state index < -0.39 is 0 Å². The molecule has 84 valence electrons. The molecule has 0 N–H and O–H groups in total. The van der Waals surface area contributed by atoms with Crippen LogP contribution in [0.15, 0.2) is 0 Å². The van der Waals surface area contributed by atoms with E-state index in [9.17, 15) is 0 Å². The van der Waals surface area contributed by atoms with Gasteiger partial charge in [0.25, 0.3) is 0 Å². The summed E-state index contributed by atoms with van der Waals surface area (Å²) in [6.45, 7) is 8.25. The third kappa shape index (κ3) is 2.94. The molecule has 14 heavy (non-hydrogen) atoms. The van der Waals surface area contributed by atoms with Gasteiger partial charge in [-0.2, -0.15) is 0 Å². The molecule has 0 saturated carbocycles. The lowest BCUT2D eigenvalue weighted by Crippen LogP contribution is -2.70. The van der Waals surface area contributed by atoms with Crippen molar-refractivity contribution >= 4 is 0 Å². The fourth-order valence-corrected chi connectivity index (χ4v) is 2.08. The molecule has 1 saturated heterocycles. The molecular formula is C11H25N2O+. The van der Waals surface area contributed by atoms with Gasteiger partial charge in [0.2, 0.25) is 0 Å². The van der Waals surface area contributed by atoms with Gasteiger partial charge in [0.15, 0.2) is 0 Å². The fraction of sp³-hybridized carbons (Fsp3) is 1.00. The minimum atomic E-state index is 0.893. The molecule has 1 heterocycles. The molecule has 1 atom stereocenters. The summed E-state index contributed by atoms with van der Waals surface area (Å²) in [6.07, 6.45) is 3.81. The van der Waals surface area contributed by atoms with Crippen LogP contribution in [-0.4, -0.2) is 56.5 Å². The zero-order chi connectivity index (χ0) is 10.4. The number of unbranched alkanes of at least 4 members (excludes halogenated alkanes) is 1. The van der Waals surface area contributed by atoms with E-state index in [0.29, 0.717) is 0 Å². The van der Waals surface area contributed by atoms with Gasteiger partial charge in [0, 0.05) is 20.3 Å². The first-order chi connectivity index (χ1) is 6.73. The summed E-state index contributed by atoms with van der Waals surface area (Å²) in [4.78, 5) is 0. The zero-order valence-electron chi connectivity index (χ0n) is 9.96. The fourth-order valence-electron chi connectivity index (χ4n) is 2.08. The van der Waals surface area contributed by atoms with Crippen molar-refractivity contribution in [3.63, 3.8) is 0 Å². The number of quaternary nitrogens is 1. The number of rotatable bonds is 7. The highest BCUT2D eigenvalue weighted by atomic mass is 16.5. The molecule has 0 aliphatic carbocycles. The van der Waals surface area contributed by atoms with E-state index in [1.54, 1.807) is 7.11 Å². The first-order valence-electron chi connectivity index (χ1n) is 5.82. The number of methoxy groups -OCH3 is 1. The maximum atomic E-state index is 5.08. The van der Waals surface area contributed by atoms with Crippen LogP contribution in [-0.2, 0) is 4.74 Å². The molecule has 0 aromatic carbocycles. The molecule has 0 amide bonds. The van der Waals surface area contributed by atoms with Gasteiger partial charge in [0.1, 0.15) is 6.54 Å². The van der Waals surface area contributed by atoms with Crippen molar-refractivity contribution in [1.29, 1.82) is 0 Å². The standard InChI is InChI=1S/C11H25N2O/c1-4-5-9-13(2)10-8-12(13)7-6-11-14-3/h4-11H2,1-3H3/q+1. The highest BCUT2D eigenvalue weighted by molar-refractivity contribution is 4.57. The average molecular weight is 201 g/mol. The average Bonchev–Trinajstić information content (AvgIpc) is 2.19. The third-order valence-corrected chi connectivity index (χ3v) is 3.28. The van der Waals surface area contributed by atoms with Crippen molar-refractivity contribution in [1.82, 2.24) is 5.01 Å². The maximum Gasteiger partial charge on any atom is 0.114 e. The Bertz CT molecular complexity index is 163. The highest BCUT2D eigenvalue weighted by Crippen LogP contribution is 2.20. The van der Waals surface area contributed by atoms with Crippen LogP contribution in [0.1, 0.15) is 26.2 Å². The number of nitrogens with zero attached hydrogens (tertiary/aromatic N) is 2. The lowest BCUT2D eigenvalue weighted by molar-refractivity contribution is -1.06. The zero-order valence-corrected chi connectivity index (χ0v) is 9.96. The smallest absolute Gasteiger partial charge is 0.114 e. The molecule has 1 rings (SSSR count). The van der Waals surface area contributed by atoms with Crippen LogP contribution in [0, 0.1) is 0 Å². The molecule has 0 aromatic heterocycles. The number of likely N-dealkylation sites (N-methyl/N-ethyl adjacent to an activating group) is 1. The van der Waals surface area contributed by atoms with Crippen molar-refractivity contribution in [2.45, 2.75) is 26.2 Å². The number of hydrogen-bond donors (Lipinski definition) is 0. The second-order valence-electron chi connectivity index (χ2n) is 4.44. The van der Waals surface area contributed by atoms with E-state index in [-0.39, 0.29) is 0 Å². The van der Waals surface area contributed by atoms with Gasteiger partial charge in [-0.25, -0.2) is 4.59 Å². The highest BCUT2D eigenvalue weighted by Gasteiger charge is 2.39. The van der Waals surface area contributed by atoms with Crippen LogP contribution >= 0.6 is 0 Å². The molecule has 0 bridgehead atoms. The molecule has 0 radical (unpaired) electrons. The predicted molar refractivity (Wildman–Crippen MR) is 58.9 cm³/mol. The van der Waals surface area contributed by atoms with Crippen LogP contribution < -0.4 is 0 Å². The first-order valence-corrected chi connectivity index (χ1v) is 5.82. The van der Waals surface area contributed by atoms with Crippen LogP contribution in [0.5, 0.6) is 0 Å². The Morgan fingerprint density at radius 1 is 1.36 bits per heavy atom. The minimum Gasteiger partial charge on any atom is -0.385 e. The van der Waals surface area contributed by atoms with Crippen LogP contribution in [0.2, 0.25) is 0 Å². The Morgan fingerprint density at radius 2 is 2.14 bits per heavy atom. The van der Waals surface area contributed by atoms with Crippen LogP contribution in [0.4, 0.5) is 0 Å². The van der Waals surface area contributed by atoms with Crippen molar-refractivity contribution in [2.24, 2.45) is 0 Å². The molecule has 1 fully saturated rings. The van der Waals surface area contributed by atoms with Gasteiger partial charge in [-0.3, -0.25) is 0 Å². The SMILES string of the molecule is CCCC[N+]1(C)CCN1CCCOC. The molecule has 1 unspecified atom stereocenters. The maximum absolute atomic E-state index is 5.08. The monoisotopic (exact) mass is 201 g/mol.